The van der Waals surface area contributed by atoms with Gasteiger partial charge < -0.3 is 14.8 Å². The highest BCUT2D eigenvalue weighted by Crippen LogP contribution is 2.26. The van der Waals surface area contributed by atoms with Crippen LogP contribution in [-0.2, 0) is 11.2 Å². The summed E-state index contributed by atoms with van der Waals surface area (Å²) in [6.07, 6.45) is 2.62. The Morgan fingerprint density at radius 3 is 2.79 bits per heavy atom. The molecule has 24 heavy (non-hydrogen) atoms. The zero-order valence-electron chi connectivity index (χ0n) is 13.5. The third-order valence-corrected chi connectivity index (χ3v) is 3.87. The molecule has 126 valence electrons. The van der Waals surface area contributed by atoms with Gasteiger partial charge in [-0.25, -0.2) is 0 Å². The van der Waals surface area contributed by atoms with E-state index in [-0.39, 0.29) is 12.5 Å². The molecule has 0 aliphatic heterocycles. The SMILES string of the molecule is C=CCOc1cccc(NC(=O)COc2ccc(CC)cc2Br)c1. The number of anilines is 1. The standard InChI is InChI=1S/C19H20BrNO3/c1-3-10-23-16-7-5-6-15(12-16)21-19(22)13-24-18-9-8-14(4-2)11-17(18)20/h3,5-9,11-12H,1,4,10,13H2,2H3,(H,21,22). The van der Waals surface area contributed by atoms with Crippen LogP contribution in [0.3, 0.4) is 0 Å². The van der Waals surface area contributed by atoms with Crippen molar-refractivity contribution in [1.82, 2.24) is 0 Å². The quantitative estimate of drug-likeness (QED) is 0.671. The fourth-order valence-corrected chi connectivity index (χ4v) is 2.58. The molecule has 0 bridgehead atoms. The van der Waals surface area contributed by atoms with Gasteiger partial charge in [0.2, 0.25) is 0 Å². The minimum absolute atomic E-state index is 0.0676. The lowest BCUT2D eigenvalue weighted by Gasteiger charge is -2.11. The average molecular weight is 390 g/mol. The minimum atomic E-state index is -0.234. The second-order valence-electron chi connectivity index (χ2n) is 5.08. The fraction of sp³-hybridized carbons (Fsp3) is 0.211. The molecule has 0 atom stereocenters. The van der Waals surface area contributed by atoms with Crippen molar-refractivity contribution in [2.45, 2.75) is 13.3 Å². The van der Waals surface area contributed by atoms with E-state index in [0.29, 0.717) is 23.8 Å². The third-order valence-electron chi connectivity index (χ3n) is 3.25. The van der Waals surface area contributed by atoms with Gasteiger partial charge in [-0.3, -0.25) is 4.79 Å². The van der Waals surface area contributed by atoms with Crippen LogP contribution in [0.4, 0.5) is 5.69 Å². The third kappa shape index (κ3) is 5.42. The maximum atomic E-state index is 12.0. The van der Waals surface area contributed by atoms with E-state index in [1.807, 2.05) is 30.3 Å². The van der Waals surface area contributed by atoms with E-state index in [1.165, 1.54) is 5.56 Å². The lowest BCUT2D eigenvalue weighted by atomic mass is 10.2. The van der Waals surface area contributed by atoms with E-state index in [9.17, 15) is 4.79 Å². The van der Waals surface area contributed by atoms with Crippen molar-refractivity contribution in [3.63, 3.8) is 0 Å². The van der Waals surface area contributed by atoms with E-state index in [2.05, 4.69) is 34.7 Å². The summed E-state index contributed by atoms with van der Waals surface area (Å²) >= 11 is 3.46. The molecular formula is C19H20BrNO3. The zero-order valence-corrected chi connectivity index (χ0v) is 15.1. The normalized spacial score (nSPS) is 10.1. The Labute approximate surface area is 150 Å². The maximum absolute atomic E-state index is 12.0. The fourth-order valence-electron chi connectivity index (χ4n) is 2.04. The van der Waals surface area contributed by atoms with Gasteiger partial charge in [-0.15, -0.1) is 0 Å². The van der Waals surface area contributed by atoms with Gasteiger partial charge >= 0.3 is 0 Å². The summed E-state index contributed by atoms with van der Waals surface area (Å²) in [5.74, 6) is 1.08. The van der Waals surface area contributed by atoms with Gasteiger partial charge in [-0.1, -0.05) is 31.7 Å². The number of aryl methyl sites for hydroxylation is 1. The predicted octanol–water partition coefficient (Wildman–Crippen LogP) is 4.59. The summed E-state index contributed by atoms with van der Waals surface area (Å²) in [6, 6.07) is 13.0. The monoisotopic (exact) mass is 389 g/mol. The highest BCUT2D eigenvalue weighted by molar-refractivity contribution is 9.10. The predicted molar refractivity (Wildman–Crippen MR) is 99.8 cm³/mol. The van der Waals surface area contributed by atoms with Crippen molar-refractivity contribution in [2.24, 2.45) is 0 Å². The Kier molecular flexibility index (Phi) is 6.88. The van der Waals surface area contributed by atoms with Gasteiger partial charge in [0.1, 0.15) is 18.1 Å². The van der Waals surface area contributed by atoms with E-state index in [4.69, 9.17) is 9.47 Å². The molecule has 1 amide bonds. The number of benzene rings is 2. The Morgan fingerprint density at radius 1 is 1.25 bits per heavy atom. The number of halogens is 1. The van der Waals surface area contributed by atoms with Crippen molar-refractivity contribution in [3.05, 3.63) is 65.2 Å². The molecule has 0 fully saturated rings. The van der Waals surface area contributed by atoms with Crippen LogP contribution in [0.1, 0.15) is 12.5 Å². The zero-order chi connectivity index (χ0) is 17.4. The summed E-state index contributed by atoms with van der Waals surface area (Å²) in [5.41, 5.74) is 1.86. The first-order valence-electron chi connectivity index (χ1n) is 7.67. The average Bonchev–Trinajstić information content (AvgIpc) is 2.59. The first-order chi connectivity index (χ1) is 11.6. The molecule has 0 radical (unpaired) electrons. The van der Waals surface area contributed by atoms with Crippen molar-refractivity contribution >= 4 is 27.5 Å². The van der Waals surface area contributed by atoms with Crippen LogP contribution < -0.4 is 14.8 Å². The molecule has 0 aliphatic carbocycles. The van der Waals surface area contributed by atoms with E-state index in [0.717, 1.165) is 10.9 Å². The molecule has 2 aromatic rings. The highest BCUT2D eigenvalue weighted by Gasteiger charge is 2.07. The summed E-state index contributed by atoms with van der Waals surface area (Å²) in [6.45, 7) is 6.04. The number of hydrogen-bond donors (Lipinski definition) is 1. The van der Waals surface area contributed by atoms with Crippen LogP contribution in [0.5, 0.6) is 11.5 Å². The highest BCUT2D eigenvalue weighted by atomic mass is 79.9. The number of carbonyl (C=O) groups excluding carboxylic acids is 1. The molecule has 0 saturated heterocycles. The van der Waals surface area contributed by atoms with Crippen molar-refractivity contribution in [1.29, 1.82) is 0 Å². The minimum Gasteiger partial charge on any atom is -0.489 e. The Bertz CT molecular complexity index is 716. The molecule has 0 spiro atoms. The molecule has 2 rings (SSSR count). The summed E-state index contributed by atoms with van der Waals surface area (Å²) in [5, 5.41) is 2.79. The number of hydrogen-bond acceptors (Lipinski definition) is 3. The number of rotatable bonds is 8. The van der Waals surface area contributed by atoms with Gasteiger partial charge in [-0.05, 0) is 52.2 Å². The van der Waals surface area contributed by atoms with E-state index in [1.54, 1.807) is 18.2 Å². The van der Waals surface area contributed by atoms with E-state index >= 15 is 0 Å². The molecule has 2 aromatic carbocycles. The molecule has 0 heterocycles. The van der Waals surface area contributed by atoms with Crippen molar-refractivity contribution in [3.8, 4) is 11.5 Å². The van der Waals surface area contributed by atoms with Gasteiger partial charge in [0.05, 0.1) is 4.47 Å². The largest absolute Gasteiger partial charge is 0.489 e. The Balaban J connectivity index is 1.90. The molecule has 5 heteroatoms. The van der Waals surface area contributed by atoms with Gasteiger partial charge in [0.25, 0.3) is 5.91 Å². The number of amides is 1. The van der Waals surface area contributed by atoms with Crippen LogP contribution in [0, 0.1) is 0 Å². The summed E-state index contributed by atoms with van der Waals surface area (Å²) in [4.78, 5) is 12.0. The first kappa shape index (κ1) is 18.1. The Morgan fingerprint density at radius 2 is 2.08 bits per heavy atom. The van der Waals surface area contributed by atoms with Crippen LogP contribution >= 0.6 is 15.9 Å². The molecule has 0 saturated carbocycles. The van der Waals surface area contributed by atoms with Crippen LogP contribution in [0.2, 0.25) is 0 Å². The second kappa shape index (κ2) is 9.13. The first-order valence-corrected chi connectivity index (χ1v) is 8.46. The number of ether oxygens (including phenoxy) is 2. The lowest BCUT2D eigenvalue weighted by Crippen LogP contribution is -2.20. The Hall–Kier alpha value is -2.27. The topological polar surface area (TPSA) is 47.6 Å². The van der Waals surface area contributed by atoms with Crippen molar-refractivity contribution < 1.29 is 14.3 Å². The van der Waals surface area contributed by atoms with Crippen LogP contribution in [0.25, 0.3) is 0 Å². The van der Waals surface area contributed by atoms with Gasteiger partial charge in [-0.2, -0.15) is 0 Å². The van der Waals surface area contributed by atoms with E-state index < -0.39 is 0 Å². The van der Waals surface area contributed by atoms with Crippen LogP contribution in [0.15, 0.2) is 59.6 Å². The van der Waals surface area contributed by atoms with Crippen molar-refractivity contribution in [2.75, 3.05) is 18.5 Å². The molecule has 1 N–H and O–H groups in total. The lowest BCUT2D eigenvalue weighted by molar-refractivity contribution is -0.118. The van der Waals surface area contributed by atoms with Gasteiger partial charge in [0, 0.05) is 11.8 Å². The molecular weight excluding hydrogens is 370 g/mol. The summed E-state index contributed by atoms with van der Waals surface area (Å²) in [7, 11) is 0. The second-order valence-corrected chi connectivity index (χ2v) is 5.94. The number of carbonyl (C=O) groups is 1. The molecule has 0 aliphatic rings. The molecule has 4 nitrogen and oxygen atoms in total. The smallest absolute Gasteiger partial charge is 0.262 e. The molecule has 0 aromatic heterocycles. The van der Waals surface area contributed by atoms with Crippen LogP contribution in [-0.4, -0.2) is 19.1 Å². The van der Waals surface area contributed by atoms with Gasteiger partial charge in [0.15, 0.2) is 6.61 Å². The maximum Gasteiger partial charge on any atom is 0.262 e. The molecule has 0 unspecified atom stereocenters. The summed E-state index contributed by atoms with van der Waals surface area (Å²) < 4.78 is 11.8. The number of nitrogens with one attached hydrogen (secondary N) is 1.